The second kappa shape index (κ2) is 7.64. The Hall–Kier alpha value is -1.30. The van der Waals surface area contributed by atoms with E-state index in [4.69, 9.17) is 24.8 Å². The van der Waals surface area contributed by atoms with Crippen molar-refractivity contribution in [3.05, 3.63) is 0 Å². The summed E-state index contributed by atoms with van der Waals surface area (Å²) in [5.74, 6) is -4.73. The molecule has 10 nitrogen and oxygen atoms in total. The Morgan fingerprint density at radius 3 is 2.10 bits per heavy atom. The van der Waals surface area contributed by atoms with Crippen LogP contribution in [0.3, 0.4) is 0 Å². The van der Waals surface area contributed by atoms with Crippen LogP contribution in [-0.2, 0) is 19.1 Å². The van der Waals surface area contributed by atoms with E-state index in [9.17, 15) is 24.9 Å². The molecule has 0 amide bonds. The standard InChI is InChI=1S/C11H18O10/c12-3-5-6(13)7(14)8(15)11(21-5)20-2-1-4(9(16)17)10(18)19/h4-8,11-15H,1-3H2,(H,16,17)(H,18,19)/t5-,6-,7+,8-,11+/m1/s1. The fraction of sp³-hybridized carbons (Fsp3) is 0.818. The van der Waals surface area contributed by atoms with Crippen molar-refractivity contribution < 1.29 is 49.7 Å². The van der Waals surface area contributed by atoms with Crippen LogP contribution in [0.25, 0.3) is 0 Å². The van der Waals surface area contributed by atoms with E-state index >= 15 is 0 Å². The highest BCUT2D eigenvalue weighted by Gasteiger charge is 2.44. The molecule has 5 atom stereocenters. The molecule has 0 aromatic carbocycles. The average molecular weight is 310 g/mol. The minimum atomic E-state index is -1.67. The highest BCUT2D eigenvalue weighted by atomic mass is 16.7. The molecule has 0 bridgehead atoms. The van der Waals surface area contributed by atoms with Gasteiger partial charge in [0.05, 0.1) is 13.2 Å². The van der Waals surface area contributed by atoms with Crippen LogP contribution in [-0.4, -0.2) is 86.5 Å². The molecule has 122 valence electrons. The van der Waals surface area contributed by atoms with Crippen molar-refractivity contribution in [2.45, 2.75) is 37.1 Å². The number of carboxylic acid groups (broad SMARTS) is 2. The molecule has 1 rings (SSSR count). The molecular formula is C11H18O10. The monoisotopic (exact) mass is 310 g/mol. The highest BCUT2D eigenvalue weighted by Crippen LogP contribution is 2.22. The number of carboxylic acids is 2. The molecule has 1 saturated heterocycles. The maximum absolute atomic E-state index is 10.7. The zero-order valence-electron chi connectivity index (χ0n) is 10.9. The molecule has 0 spiro atoms. The lowest BCUT2D eigenvalue weighted by Crippen LogP contribution is -2.59. The van der Waals surface area contributed by atoms with E-state index in [1.54, 1.807) is 0 Å². The molecule has 0 aromatic heterocycles. The number of aliphatic hydroxyl groups excluding tert-OH is 4. The first-order valence-electron chi connectivity index (χ1n) is 6.17. The van der Waals surface area contributed by atoms with Crippen LogP contribution < -0.4 is 0 Å². The van der Waals surface area contributed by atoms with Gasteiger partial charge in [0.1, 0.15) is 24.4 Å². The van der Waals surface area contributed by atoms with Crippen LogP contribution in [0.2, 0.25) is 0 Å². The number of ether oxygens (including phenoxy) is 2. The average Bonchev–Trinajstić information content (AvgIpc) is 2.42. The minimum absolute atomic E-state index is 0.369. The predicted molar refractivity (Wildman–Crippen MR) is 63.1 cm³/mol. The first kappa shape index (κ1) is 17.8. The number of aliphatic carboxylic acids is 2. The first-order valence-corrected chi connectivity index (χ1v) is 6.17. The van der Waals surface area contributed by atoms with Gasteiger partial charge in [-0.3, -0.25) is 9.59 Å². The molecule has 0 radical (unpaired) electrons. The second-order valence-electron chi connectivity index (χ2n) is 4.59. The zero-order chi connectivity index (χ0) is 16.2. The van der Waals surface area contributed by atoms with E-state index in [0.717, 1.165) is 0 Å². The summed E-state index contributed by atoms with van der Waals surface area (Å²) < 4.78 is 10.0. The second-order valence-corrected chi connectivity index (χ2v) is 4.59. The van der Waals surface area contributed by atoms with Crippen molar-refractivity contribution in [2.24, 2.45) is 5.92 Å². The Morgan fingerprint density at radius 1 is 1.05 bits per heavy atom. The largest absolute Gasteiger partial charge is 0.481 e. The number of rotatable bonds is 7. The Balaban J connectivity index is 2.54. The van der Waals surface area contributed by atoms with E-state index in [1.165, 1.54) is 0 Å². The highest BCUT2D eigenvalue weighted by molar-refractivity contribution is 5.92. The van der Waals surface area contributed by atoms with Gasteiger partial charge in [0, 0.05) is 0 Å². The molecule has 21 heavy (non-hydrogen) atoms. The maximum atomic E-state index is 10.7. The van der Waals surface area contributed by atoms with Gasteiger partial charge < -0.3 is 40.1 Å². The first-order chi connectivity index (χ1) is 9.79. The summed E-state index contributed by atoms with van der Waals surface area (Å²) in [6.07, 6.45) is -7.70. The molecule has 6 N–H and O–H groups in total. The van der Waals surface area contributed by atoms with Gasteiger partial charge in [-0.2, -0.15) is 0 Å². The molecule has 1 fully saturated rings. The maximum Gasteiger partial charge on any atom is 0.317 e. The van der Waals surface area contributed by atoms with Crippen molar-refractivity contribution in [3.8, 4) is 0 Å². The molecule has 1 aliphatic heterocycles. The van der Waals surface area contributed by atoms with Gasteiger partial charge in [0.2, 0.25) is 0 Å². The van der Waals surface area contributed by atoms with Crippen LogP contribution in [0, 0.1) is 5.92 Å². The normalized spacial score (nSPS) is 33.1. The van der Waals surface area contributed by atoms with Crippen molar-refractivity contribution in [2.75, 3.05) is 13.2 Å². The molecule has 10 heteroatoms. The van der Waals surface area contributed by atoms with E-state index < -0.39 is 55.2 Å². The predicted octanol–water partition coefficient (Wildman–Crippen LogP) is -3.02. The summed E-state index contributed by atoms with van der Waals surface area (Å²) in [5, 5.41) is 54.9. The summed E-state index contributed by atoms with van der Waals surface area (Å²) in [6, 6.07) is 0. The third kappa shape index (κ3) is 4.33. The van der Waals surface area contributed by atoms with Gasteiger partial charge in [-0.25, -0.2) is 0 Å². The van der Waals surface area contributed by atoms with Gasteiger partial charge in [0.15, 0.2) is 12.2 Å². The quantitative estimate of drug-likeness (QED) is 0.265. The lowest BCUT2D eigenvalue weighted by atomic mass is 9.99. The van der Waals surface area contributed by atoms with Gasteiger partial charge in [0.25, 0.3) is 0 Å². The lowest BCUT2D eigenvalue weighted by Gasteiger charge is -2.39. The van der Waals surface area contributed by atoms with Crippen LogP contribution >= 0.6 is 0 Å². The van der Waals surface area contributed by atoms with Crippen LogP contribution in [0.4, 0.5) is 0 Å². The number of hydrogen-bond donors (Lipinski definition) is 6. The van der Waals surface area contributed by atoms with Crippen LogP contribution in [0.15, 0.2) is 0 Å². The van der Waals surface area contributed by atoms with Crippen molar-refractivity contribution in [3.63, 3.8) is 0 Å². The summed E-state index contributed by atoms with van der Waals surface area (Å²) >= 11 is 0. The Kier molecular flexibility index (Phi) is 6.45. The fourth-order valence-corrected chi connectivity index (χ4v) is 1.86. The van der Waals surface area contributed by atoms with Crippen LogP contribution in [0.1, 0.15) is 6.42 Å². The van der Waals surface area contributed by atoms with Crippen molar-refractivity contribution in [1.82, 2.24) is 0 Å². The number of aliphatic hydroxyl groups is 4. The molecule has 0 saturated carbocycles. The molecule has 1 aliphatic rings. The summed E-state index contributed by atoms with van der Waals surface area (Å²) in [4.78, 5) is 21.3. The van der Waals surface area contributed by atoms with E-state index in [2.05, 4.69) is 0 Å². The molecule has 0 unspecified atom stereocenters. The summed E-state index contributed by atoms with van der Waals surface area (Å²) in [5.41, 5.74) is 0. The van der Waals surface area contributed by atoms with Crippen LogP contribution in [0.5, 0.6) is 0 Å². The van der Waals surface area contributed by atoms with E-state index in [-0.39, 0.29) is 13.0 Å². The van der Waals surface area contributed by atoms with Gasteiger partial charge >= 0.3 is 11.9 Å². The SMILES string of the molecule is O=C(O)C(CCO[C@H]1O[C@H](CO)[C@@H](O)[C@H](O)[C@H]1O)C(=O)O. The van der Waals surface area contributed by atoms with Gasteiger partial charge in [-0.15, -0.1) is 0 Å². The van der Waals surface area contributed by atoms with Crippen molar-refractivity contribution >= 4 is 11.9 Å². The molecular weight excluding hydrogens is 292 g/mol. The zero-order valence-corrected chi connectivity index (χ0v) is 10.9. The van der Waals surface area contributed by atoms with E-state index in [0.29, 0.717) is 0 Å². The van der Waals surface area contributed by atoms with E-state index in [1.807, 2.05) is 0 Å². The Bertz CT molecular complexity index is 356. The Labute approximate surface area is 119 Å². The third-order valence-corrected chi connectivity index (χ3v) is 3.13. The minimum Gasteiger partial charge on any atom is -0.481 e. The number of hydrogen-bond acceptors (Lipinski definition) is 8. The molecule has 1 heterocycles. The lowest BCUT2D eigenvalue weighted by molar-refractivity contribution is -0.301. The molecule has 0 aliphatic carbocycles. The fourth-order valence-electron chi connectivity index (χ4n) is 1.86. The number of carbonyl (C=O) groups is 2. The third-order valence-electron chi connectivity index (χ3n) is 3.13. The smallest absolute Gasteiger partial charge is 0.317 e. The van der Waals surface area contributed by atoms with Gasteiger partial charge in [-0.05, 0) is 6.42 Å². The van der Waals surface area contributed by atoms with Crippen molar-refractivity contribution in [1.29, 1.82) is 0 Å². The van der Waals surface area contributed by atoms with Gasteiger partial charge in [-0.1, -0.05) is 0 Å². The summed E-state index contributed by atoms with van der Waals surface area (Å²) in [6.45, 7) is -0.996. The topological polar surface area (TPSA) is 174 Å². The Morgan fingerprint density at radius 2 is 1.62 bits per heavy atom. The summed E-state index contributed by atoms with van der Waals surface area (Å²) in [7, 11) is 0. The molecule has 0 aromatic rings.